The van der Waals surface area contributed by atoms with E-state index in [9.17, 15) is 9.90 Å². The maximum absolute atomic E-state index is 11.7. The minimum atomic E-state index is -0.675. The molecule has 0 saturated carbocycles. The van der Waals surface area contributed by atoms with E-state index in [0.29, 0.717) is 29.3 Å². The lowest BCUT2D eigenvalue weighted by molar-refractivity contribution is -0.111. The Hall–Kier alpha value is -4.28. The largest absolute Gasteiger partial charge is 0.389 e. The van der Waals surface area contributed by atoms with E-state index in [1.165, 1.54) is 6.08 Å². The van der Waals surface area contributed by atoms with Crippen molar-refractivity contribution in [2.45, 2.75) is 19.4 Å². The predicted molar refractivity (Wildman–Crippen MR) is 150 cm³/mol. The molecule has 38 heavy (non-hydrogen) atoms. The summed E-state index contributed by atoms with van der Waals surface area (Å²) in [4.78, 5) is 29.9. The summed E-state index contributed by atoms with van der Waals surface area (Å²) in [6, 6.07) is 15.7. The van der Waals surface area contributed by atoms with Crippen molar-refractivity contribution in [3.05, 3.63) is 73.7 Å². The lowest BCUT2D eigenvalue weighted by Crippen LogP contribution is -2.50. The first-order valence-corrected chi connectivity index (χ1v) is 12.6. The lowest BCUT2D eigenvalue weighted by Gasteiger charge is -2.38. The van der Waals surface area contributed by atoms with Gasteiger partial charge in [0, 0.05) is 49.8 Å². The molecule has 1 aliphatic rings. The van der Waals surface area contributed by atoms with Crippen LogP contribution in [0.15, 0.2) is 73.7 Å². The molecule has 3 heterocycles. The molecule has 10 nitrogen and oxygen atoms in total. The first-order chi connectivity index (χ1) is 18.3. The zero-order valence-corrected chi connectivity index (χ0v) is 21.6. The second kappa shape index (κ2) is 10.6. The van der Waals surface area contributed by atoms with Gasteiger partial charge in [-0.1, -0.05) is 12.6 Å². The van der Waals surface area contributed by atoms with Gasteiger partial charge in [0.1, 0.15) is 11.8 Å². The molecule has 1 aliphatic heterocycles. The number of benzene rings is 2. The number of fused-ring (bicyclic) bond motifs is 1. The first-order valence-electron chi connectivity index (χ1n) is 12.6. The van der Waals surface area contributed by atoms with Crippen molar-refractivity contribution in [3.63, 3.8) is 0 Å². The van der Waals surface area contributed by atoms with E-state index in [1.54, 1.807) is 12.5 Å². The monoisotopic (exact) mass is 512 g/mol. The third kappa shape index (κ3) is 5.99. The Balaban J connectivity index is 1.28. The molecule has 10 heteroatoms. The quantitative estimate of drug-likeness (QED) is 0.307. The number of piperazine rings is 1. The van der Waals surface area contributed by atoms with Gasteiger partial charge in [0.25, 0.3) is 0 Å². The number of hydrogen-bond acceptors (Lipinski definition) is 8. The molecule has 4 aromatic rings. The number of hydrogen-bond donors (Lipinski definition) is 3. The van der Waals surface area contributed by atoms with E-state index < -0.39 is 5.60 Å². The third-order valence-electron chi connectivity index (χ3n) is 6.34. The molecule has 1 amide bonds. The van der Waals surface area contributed by atoms with E-state index in [0.717, 1.165) is 43.2 Å². The van der Waals surface area contributed by atoms with Crippen LogP contribution in [0.4, 0.5) is 23.0 Å². The van der Waals surface area contributed by atoms with Crippen molar-refractivity contribution >= 4 is 40.1 Å². The van der Waals surface area contributed by atoms with Crippen molar-refractivity contribution in [1.29, 1.82) is 0 Å². The topological polar surface area (TPSA) is 111 Å². The number of amides is 1. The molecule has 5 rings (SSSR count). The number of carbonyl (C=O) groups is 1. The maximum atomic E-state index is 11.7. The predicted octanol–water partition coefficient (Wildman–Crippen LogP) is 3.58. The van der Waals surface area contributed by atoms with Gasteiger partial charge in [-0.15, -0.1) is 0 Å². The highest BCUT2D eigenvalue weighted by atomic mass is 16.3. The average molecular weight is 513 g/mol. The van der Waals surface area contributed by atoms with Crippen molar-refractivity contribution in [3.8, 4) is 5.69 Å². The minimum Gasteiger partial charge on any atom is -0.389 e. The Morgan fingerprint density at radius 1 is 1.05 bits per heavy atom. The van der Waals surface area contributed by atoms with Crippen LogP contribution in [-0.4, -0.2) is 73.8 Å². The lowest BCUT2D eigenvalue weighted by atomic mass is 10.1. The minimum absolute atomic E-state index is 0.273. The molecule has 2 aromatic carbocycles. The van der Waals surface area contributed by atoms with Crippen LogP contribution in [-0.2, 0) is 4.79 Å². The standard InChI is InChI=1S/C28H32N8O2/c1-4-25(37)31-21-6-5-7-23(16-21)36-19-30-24-17-29-27(33-26(24)36)32-20-8-10-22(11-9-20)35-14-12-34(13-15-35)18-28(2,3)38/h4-11,16-17,19,38H,1,12-15,18H2,2-3H3,(H,31,37)(H,29,32,33). The number of carbonyl (C=O) groups excluding carboxylic acids is 1. The number of nitrogens with one attached hydrogen (secondary N) is 2. The maximum Gasteiger partial charge on any atom is 0.247 e. The van der Waals surface area contributed by atoms with Gasteiger partial charge in [-0.25, -0.2) is 9.97 Å². The van der Waals surface area contributed by atoms with Gasteiger partial charge in [-0.05, 0) is 62.4 Å². The SMILES string of the molecule is C=CC(=O)Nc1cccc(-n2cnc3cnc(Nc4ccc(N5CCN(CC(C)(C)O)CC5)cc4)nc32)c1. The highest BCUT2D eigenvalue weighted by molar-refractivity contribution is 5.99. The summed E-state index contributed by atoms with van der Waals surface area (Å²) in [5.41, 5.74) is 4.15. The number of anilines is 4. The van der Waals surface area contributed by atoms with Gasteiger partial charge in [-0.2, -0.15) is 4.98 Å². The average Bonchev–Trinajstić information content (AvgIpc) is 3.32. The summed E-state index contributed by atoms with van der Waals surface area (Å²) in [6.07, 6.45) is 4.61. The highest BCUT2D eigenvalue weighted by Gasteiger charge is 2.22. The van der Waals surface area contributed by atoms with Crippen molar-refractivity contribution in [1.82, 2.24) is 24.4 Å². The molecule has 1 fully saturated rings. The summed E-state index contributed by atoms with van der Waals surface area (Å²) in [7, 11) is 0. The van der Waals surface area contributed by atoms with Gasteiger partial charge in [0.05, 0.1) is 17.5 Å². The molecule has 0 bridgehead atoms. The molecule has 0 unspecified atom stereocenters. The molecule has 0 atom stereocenters. The Labute approximate surface area is 221 Å². The van der Waals surface area contributed by atoms with E-state index in [1.807, 2.05) is 54.8 Å². The normalized spacial score (nSPS) is 14.4. The number of aromatic nitrogens is 4. The van der Waals surface area contributed by atoms with E-state index in [2.05, 4.69) is 49.1 Å². The van der Waals surface area contributed by atoms with E-state index >= 15 is 0 Å². The molecule has 0 spiro atoms. The van der Waals surface area contributed by atoms with E-state index in [4.69, 9.17) is 4.98 Å². The zero-order valence-electron chi connectivity index (χ0n) is 21.6. The number of imidazole rings is 1. The Morgan fingerprint density at radius 3 is 2.53 bits per heavy atom. The van der Waals surface area contributed by atoms with E-state index in [-0.39, 0.29) is 5.91 Å². The van der Waals surface area contributed by atoms with Crippen LogP contribution in [0.5, 0.6) is 0 Å². The smallest absolute Gasteiger partial charge is 0.247 e. The summed E-state index contributed by atoms with van der Waals surface area (Å²) >= 11 is 0. The molecule has 196 valence electrons. The molecule has 3 N–H and O–H groups in total. The van der Waals surface area contributed by atoms with Crippen LogP contribution >= 0.6 is 0 Å². The van der Waals surface area contributed by atoms with Crippen molar-refractivity contribution < 1.29 is 9.90 Å². The molecule has 0 aliphatic carbocycles. The first kappa shape index (κ1) is 25.4. The fourth-order valence-corrected chi connectivity index (χ4v) is 4.58. The highest BCUT2D eigenvalue weighted by Crippen LogP contribution is 2.24. The summed E-state index contributed by atoms with van der Waals surface area (Å²) in [5, 5.41) is 16.1. The number of aliphatic hydroxyl groups is 1. The van der Waals surface area contributed by atoms with Gasteiger partial charge in [0.2, 0.25) is 11.9 Å². The Kier molecular flexibility index (Phi) is 7.08. The molecule has 0 radical (unpaired) electrons. The number of β-amino-alcohol motifs (C(OH)–C–C–N with tert-alkyl or cyclic N) is 1. The Morgan fingerprint density at radius 2 is 1.82 bits per heavy atom. The fourth-order valence-electron chi connectivity index (χ4n) is 4.58. The Bertz CT molecular complexity index is 1430. The molecular weight excluding hydrogens is 480 g/mol. The van der Waals surface area contributed by atoms with Gasteiger partial charge in [0.15, 0.2) is 5.65 Å². The van der Waals surface area contributed by atoms with Crippen LogP contribution in [0, 0.1) is 0 Å². The van der Waals surface area contributed by atoms with Crippen LogP contribution in [0.1, 0.15) is 13.8 Å². The van der Waals surface area contributed by atoms with Gasteiger partial charge in [-0.3, -0.25) is 14.3 Å². The van der Waals surface area contributed by atoms with Gasteiger partial charge >= 0.3 is 0 Å². The van der Waals surface area contributed by atoms with Gasteiger partial charge < -0.3 is 20.6 Å². The van der Waals surface area contributed by atoms with Crippen molar-refractivity contribution in [2.24, 2.45) is 0 Å². The summed E-state index contributed by atoms with van der Waals surface area (Å²) < 4.78 is 1.85. The molecular formula is C28H32N8O2. The number of rotatable bonds is 8. The van der Waals surface area contributed by atoms with Crippen LogP contribution in [0.25, 0.3) is 16.9 Å². The number of nitrogens with zero attached hydrogens (tertiary/aromatic N) is 6. The van der Waals surface area contributed by atoms with Crippen LogP contribution in [0.2, 0.25) is 0 Å². The van der Waals surface area contributed by atoms with Crippen molar-refractivity contribution in [2.75, 3.05) is 48.3 Å². The van der Waals surface area contributed by atoms with Crippen LogP contribution in [0.3, 0.4) is 0 Å². The van der Waals surface area contributed by atoms with Crippen LogP contribution < -0.4 is 15.5 Å². The zero-order chi connectivity index (χ0) is 26.7. The molecule has 1 saturated heterocycles. The summed E-state index contributed by atoms with van der Waals surface area (Å²) in [6.45, 7) is 11.6. The fraction of sp³-hybridized carbons (Fsp3) is 0.286. The third-order valence-corrected chi connectivity index (χ3v) is 6.34. The second-order valence-electron chi connectivity index (χ2n) is 10.0. The molecule has 2 aromatic heterocycles. The second-order valence-corrected chi connectivity index (χ2v) is 10.0. The summed E-state index contributed by atoms with van der Waals surface area (Å²) in [5.74, 6) is 0.189.